The van der Waals surface area contributed by atoms with E-state index < -0.39 is 53.7 Å². The van der Waals surface area contributed by atoms with E-state index in [2.05, 4.69) is 0 Å². The van der Waals surface area contributed by atoms with Gasteiger partial charge in [-0.1, -0.05) is 13.8 Å². The Bertz CT molecular complexity index is 621. The molecule has 0 aromatic carbocycles. The van der Waals surface area contributed by atoms with E-state index >= 15 is 0 Å². The number of aliphatic hydroxyl groups excluding tert-OH is 1. The maximum absolute atomic E-state index is 13.1. The van der Waals surface area contributed by atoms with Gasteiger partial charge in [0.15, 0.2) is 0 Å². The van der Waals surface area contributed by atoms with E-state index in [1.807, 2.05) is 13.8 Å². The molecule has 0 saturated carbocycles. The number of carbonyl (C=O) groups excluding carboxylic acids is 3. The number of esters is 1. The first-order chi connectivity index (χ1) is 14.5. The number of aliphatic hydroxyl groups is 1. The van der Waals surface area contributed by atoms with Crippen molar-refractivity contribution in [3.63, 3.8) is 0 Å². The van der Waals surface area contributed by atoms with E-state index in [0.29, 0.717) is 24.3 Å². The highest BCUT2D eigenvalue weighted by molar-refractivity contribution is 5.94. The Balaban J connectivity index is 3.21. The molecule has 9 heteroatoms. The fraction of sp³-hybridized carbons (Fsp3) is 0.870. The summed E-state index contributed by atoms with van der Waals surface area (Å²) in [5, 5.41) is 10.6. The summed E-state index contributed by atoms with van der Waals surface area (Å²) in [6.07, 6.45) is -3.56. The molecule has 4 atom stereocenters. The summed E-state index contributed by atoms with van der Waals surface area (Å²) in [5.74, 6) is -0.540. The normalized spacial score (nSPS) is 25.3. The average molecular weight is 460 g/mol. The highest BCUT2D eigenvalue weighted by Crippen LogP contribution is 2.25. The predicted molar refractivity (Wildman–Crippen MR) is 118 cm³/mol. The van der Waals surface area contributed by atoms with Crippen LogP contribution in [0, 0.1) is 5.92 Å². The maximum Gasteiger partial charge on any atom is 0.420 e. The molecule has 1 N–H and O–H groups in total. The first kappa shape index (κ1) is 28.2. The van der Waals surface area contributed by atoms with Crippen LogP contribution in [0.4, 0.5) is 9.59 Å². The zero-order valence-corrected chi connectivity index (χ0v) is 21.0. The lowest BCUT2D eigenvalue weighted by atomic mass is 10.0. The molecule has 1 heterocycles. The molecule has 32 heavy (non-hydrogen) atoms. The quantitative estimate of drug-likeness (QED) is 0.495. The lowest BCUT2D eigenvalue weighted by Gasteiger charge is -2.33. The zero-order chi connectivity index (χ0) is 24.9. The van der Waals surface area contributed by atoms with Gasteiger partial charge in [-0.05, 0) is 73.6 Å². The smallest absolute Gasteiger partial charge is 0.420 e. The molecule has 0 unspecified atom stereocenters. The second-order valence-electron chi connectivity index (χ2n) is 10.7. The van der Waals surface area contributed by atoms with Crippen molar-refractivity contribution < 1.29 is 38.4 Å². The summed E-state index contributed by atoms with van der Waals surface area (Å²) in [4.78, 5) is 39.6. The van der Waals surface area contributed by atoms with Gasteiger partial charge in [0.05, 0.1) is 6.10 Å². The molecule has 0 aromatic rings. The second kappa shape index (κ2) is 11.3. The highest BCUT2D eigenvalue weighted by atomic mass is 16.6. The molecule has 1 aliphatic heterocycles. The van der Waals surface area contributed by atoms with Gasteiger partial charge in [0.2, 0.25) is 0 Å². The van der Waals surface area contributed by atoms with Crippen LogP contribution in [0.3, 0.4) is 0 Å². The number of rotatable bonds is 4. The summed E-state index contributed by atoms with van der Waals surface area (Å²) in [7, 11) is 0. The van der Waals surface area contributed by atoms with Gasteiger partial charge < -0.3 is 24.1 Å². The number of hydrogen-bond acceptors (Lipinski definition) is 8. The van der Waals surface area contributed by atoms with Crippen LogP contribution < -0.4 is 0 Å². The van der Waals surface area contributed by atoms with Crippen molar-refractivity contribution in [2.75, 3.05) is 6.61 Å². The minimum absolute atomic E-state index is 0.0952. The number of amides is 2. The molecule has 0 aliphatic carbocycles. The maximum atomic E-state index is 13.1. The molecule has 0 bridgehead atoms. The van der Waals surface area contributed by atoms with E-state index in [-0.39, 0.29) is 12.3 Å². The molecule has 1 fully saturated rings. The molecule has 186 valence electrons. The van der Waals surface area contributed by atoms with Gasteiger partial charge in [-0.3, -0.25) is 0 Å². The van der Waals surface area contributed by atoms with Crippen LogP contribution in [0.1, 0.15) is 81.6 Å². The number of imide groups is 1. The van der Waals surface area contributed by atoms with Crippen molar-refractivity contribution in [3.05, 3.63) is 0 Å². The van der Waals surface area contributed by atoms with Gasteiger partial charge in [0.1, 0.15) is 29.5 Å². The van der Waals surface area contributed by atoms with E-state index in [9.17, 15) is 19.5 Å². The second-order valence-corrected chi connectivity index (χ2v) is 10.7. The van der Waals surface area contributed by atoms with Crippen LogP contribution >= 0.6 is 0 Å². The van der Waals surface area contributed by atoms with E-state index in [0.717, 1.165) is 0 Å². The third kappa shape index (κ3) is 9.32. The Morgan fingerprint density at radius 2 is 1.56 bits per heavy atom. The predicted octanol–water partition coefficient (Wildman–Crippen LogP) is 4.04. The van der Waals surface area contributed by atoms with Crippen molar-refractivity contribution in [2.45, 2.75) is 117 Å². The zero-order valence-electron chi connectivity index (χ0n) is 21.0. The summed E-state index contributed by atoms with van der Waals surface area (Å²) in [6.45, 7) is 16.0. The fourth-order valence-corrected chi connectivity index (χ4v) is 3.18. The lowest BCUT2D eigenvalue weighted by molar-refractivity contribution is -0.168. The minimum atomic E-state index is -1.25. The van der Waals surface area contributed by atoms with E-state index in [1.165, 1.54) is 0 Å². The molecule has 9 nitrogen and oxygen atoms in total. The van der Waals surface area contributed by atoms with Gasteiger partial charge >= 0.3 is 18.2 Å². The fourth-order valence-electron chi connectivity index (χ4n) is 3.18. The van der Waals surface area contributed by atoms with Crippen molar-refractivity contribution in [2.24, 2.45) is 5.92 Å². The highest BCUT2D eigenvalue weighted by Gasteiger charge is 2.43. The van der Waals surface area contributed by atoms with Crippen molar-refractivity contribution >= 4 is 18.2 Å². The summed E-state index contributed by atoms with van der Waals surface area (Å²) in [5.41, 5.74) is -1.78. The Kier molecular flexibility index (Phi) is 9.96. The summed E-state index contributed by atoms with van der Waals surface area (Å²) in [6, 6.07) is -1.25. The Morgan fingerprint density at radius 1 is 1.06 bits per heavy atom. The number of carbonyl (C=O) groups is 3. The largest absolute Gasteiger partial charge is 0.458 e. The number of nitrogens with zero attached hydrogens (tertiary/aromatic N) is 1. The number of hydrogen-bond donors (Lipinski definition) is 1. The topological polar surface area (TPSA) is 112 Å². The van der Waals surface area contributed by atoms with E-state index in [1.54, 1.807) is 48.5 Å². The van der Waals surface area contributed by atoms with Crippen molar-refractivity contribution in [3.8, 4) is 0 Å². The summed E-state index contributed by atoms with van der Waals surface area (Å²) >= 11 is 0. The Hall–Kier alpha value is -1.87. The van der Waals surface area contributed by atoms with Crippen LogP contribution in [0.15, 0.2) is 0 Å². The molecule has 1 aliphatic rings. The first-order valence-corrected chi connectivity index (χ1v) is 11.3. The molecule has 1 rings (SSSR count). The van der Waals surface area contributed by atoms with Crippen LogP contribution in [-0.2, 0) is 23.7 Å². The standard InChI is InChI=1S/C23H41NO8/c1-14(2)13-29-18-15(3)30-19(26)16(11-10-12-17(18)25)24(20(27)31-22(4,5)6)21(28)32-23(7,8)9/h14-18,25H,10-13H2,1-9H3/t15-,16-,17-,18+/m0/s1. The Morgan fingerprint density at radius 3 is 2.00 bits per heavy atom. The lowest BCUT2D eigenvalue weighted by Crippen LogP contribution is -2.53. The van der Waals surface area contributed by atoms with Crippen molar-refractivity contribution in [1.82, 2.24) is 4.90 Å². The van der Waals surface area contributed by atoms with Gasteiger partial charge in [0.25, 0.3) is 0 Å². The SMILES string of the molecule is CC(C)CO[C@@H]1[C@H](C)OC(=O)[C@@H](N(C(=O)OC(C)(C)C)C(=O)OC(C)(C)C)CCC[C@@H]1O. The number of cyclic esters (lactones) is 1. The van der Waals surface area contributed by atoms with Crippen LogP contribution in [-0.4, -0.2) is 70.3 Å². The third-order valence-corrected chi connectivity index (χ3v) is 4.51. The van der Waals surface area contributed by atoms with Crippen LogP contribution in [0.2, 0.25) is 0 Å². The molecule has 0 spiro atoms. The van der Waals surface area contributed by atoms with E-state index in [4.69, 9.17) is 18.9 Å². The summed E-state index contributed by atoms with van der Waals surface area (Å²) < 4.78 is 22.1. The molecular weight excluding hydrogens is 418 g/mol. The average Bonchev–Trinajstić information content (AvgIpc) is 2.60. The van der Waals surface area contributed by atoms with Gasteiger partial charge in [-0.15, -0.1) is 0 Å². The monoisotopic (exact) mass is 459 g/mol. The molecule has 0 radical (unpaired) electrons. The minimum Gasteiger partial charge on any atom is -0.458 e. The van der Waals surface area contributed by atoms with Gasteiger partial charge in [-0.25, -0.2) is 14.4 Å². The molecule has 0 aromatic heterocycles. The van der Waals surface area contributed by atoms with Gasteiger partial charge in [-0.2, -0.15) is 4.90 Å². The third-order valence-electron chi connectivity index (χ3n) is 4.51. The van der Waals surface area contributed by atoms with Crippen molar-refractivity contribution in [1.29, 1.82) is 0 Å². The van der Waals surface area contributed by atoms with Crippen LogP contribution in [0.25, 0.3) is 0 Å². The molecule has 2 amide bonds. The number of ether oxygens (including phenoxy) is 4. The first-order valence-electron chi connectivity index (χ1n) is 11.3. The molecule has 1 saturated heterocycles. The Labute approximate surface area is 191 Å². The molecular formula is C23H41NO8. The van der Waals surface area contributed by atoms with Crippen LogP contribution in [0.5, 0.6) is 0 Å². The van der Waals surface area contributed by atoms with Gasteiger partial charge in [0, 0.05) is 6.61 Å².